The second-order valence-electron chi connectivity index (χ2n) is 36.0. The summed E-state index contributed by atoms with van der Waals surface area (Å²) < 4.78 is 33.1. The fraction of sp³-hybridized carbons (Fsp3) is 0. The van der Waals surface area contributed by atoms with Gasteiger partial charge in [-0.05, 0) is 146 Å². The molecule has 0 unspecified atom stereocenters. The van der Waals surface area contributed by atoms with Gasteiger partial charge >= 0.3 is 0 Å². The number of nitriles is 3. The van der Waals surface area contributed by atoms with Gasteiger partial charge < -0.3 is 40.7 Å². The molecule has 9 heterocycles. The molecule has 30 aromatic rings. The van der Waals surface area contributed by atoms with Crippen molar-refractivity contribution >= 4 is 197 Å². The van der Waals surface area contributed by atoms with Gasteiger partial charge in [-0.3, -0.25) is 0 Å². The number of fused-ring (bicyclic) bond motifs is 29. The average molecular weight is 1800 g/mol. The molecule has 9 aromatic heterocycles. The zero-order valence-electron chi connectivity index (χ0n) is 75.6. The maximum Gasteiger partial charge on any atom is 0.145 e. The van der Waals surface area contributed by atoms with Crippen molar-refractivity contribution in [1.29, 1.82) is 15.8 Å². The molecule has 0 aliphatic carbocycles. The van der Waals surface area contributed by atoms with E-state index < -0.39 is 0 Å². The van der Waals surface area contributed by atoms with Crippen LogP contribution < -0.4 is 0 Å². The van der Waals surface area contributed by atoms with Crippen LogP contribution in [0.15, 0.2) is 468 Å². The topological polar surface area (TPSA) is 140 Å². The highest BCUT2D eigenvalue weighted by Gasteiger charge is 2.30. The smallest absolute Gasteiger partial charge is 0.145 e. The molecule has 654 valence electrons. The van der Waals surface area contributed by atoms with Crippen LogP contribution in [0.1, 0.15) is 16.7 Å². The van der Waals surface area contributed by atoms with Crippen molar-refractivity contribution in [3.8, 4) is 85.7 Å². The lowest BCUT2D eigenvalue weighted by Gasteiger charge is -2.19. The molecule has 0 saturated heterocycles. The van der Waals surface area contributed by atoms with E-state index >= 15 is 0 Å². The molecular formula is C129H75N9O3. The van der Waals surface area contributed by atoms with Crippen molar-refractivity contribution in [3.63, 3.8) is 0 Å². The zero-order valence-corrected chi connectivity index (χ0v) is 75.6. The number of rotatable bonds is 9. The molecular weight excluding hydrogens is 1720 g/mol. The van der Waals surface area contributed by atoms with Gasteiger partial charge in [0, 0.05) is 125 Å². The van der Waals surface area contributed by atoms with Crippen LogP contribution in [-0.2, 0) is 0 Å². The molecule has 0 radical (unpaired) electrons. The molecule has 0 aliphatic heterocycles. The highest BCUT2D eigenvalue weighted by Crippen LogP contribution is 2.51. The van der Waals surface area contributed by atoms with Gasteiger partial charge in [0.15, 0.2) is 0 Å². The maximum absolute atomic E-state index is 10.7. The number of aromatic nitrogens is 6. The standard InChI is InChI=1S/3C43H25N3O/c44-26-27-12-11-18-32(30-15-3-8-21-37(30)45-35-19-6-1-13-28(35)29-14-2-7-20-36(29)45)42(27)46-38-22-9-4-17-34(38)41-39(46)25-24-33-31-16-5-10-23-40(31)47-43(33)41;44-26-27-12-11-18-33(30-15-3-8-21-38(30)45-36-19-6-1-13-28(36)29-14-2-7-20-37(29)45)43(27)46-39-22-9-4-16-31(39)34-25-42-35(24-40(34)46)32-17-5-10-23-41(32)47-42;44-26-27-12-11-18-31(30-15-3-8-21-36(30)45-34-19-6-1-13-28(34)29-14-2-7-20-35(29)45)43(27)46-37-22-9-4-16-32(37)41-38(46)24-25-40-42(41)33-17-5-10-23-39(33)47-40/h3*1-25H. The first-order valence-electron chi connectivity index (χ1n) is 47.3. The van der Waals surface area contributed by atoms with Crippen LogP contribution in [0.2, 0.25) is 0 Å². The van der Waals surface area contributed by atoms with Crippen LogP contribution >= 0.6 is 0 Å². The van der Waals surface area contributed by atoms with Gasteiger partial charge in [0.25, 0.3) is 0 Å². The zero-order chi connectivity index (χ0) is 93.2. The molecule has 21 aromatic carbocycles. The molecule has 30 rings (SSSR count). The lowest BCUT2D eigenvalue weighted by molar-refractivity contribution is 0.669. The van der Waals surface area contributed by atoms with Crippen molar-refractivity contribution < 1.29 is 13.3 Å². The summed E-state index contributed by atoms with van der Waals surface area (Å²) in [5.41, 5.74) is 31.9. The molecule has 12 heteroatoms. The molecule has 0 fully saturated rings. The van der Waals surface area contributed by atoms with E-state index in [-0.39, 0.29) is 0 Å². The molecule has 0 saturated carbocycles. The second kappa shape index (κ2) is 31.7. The van der Waals surface area contributed by atoms with Crippen molar-refractivity contribution in [3.05, 3.63) is 472 Å². The summed E-state index contributed by atoms with van der Waals surface area (Å²) in [5, 5.41) is 52.3. The molecule has 0 atom stereocenters. The van der Waals surface area contributed by atoms with E-state index in [1.165, 1.54) is 32.3 Å². The largest absolute Gasteiger partial charge is 0.456 e. The fourth-order valence-corrected chi connectivity index (χ4v) is 22.9. The summed E-state index contributed by atoms with van der Waals surface area (Å²) in [6.07, 6.45) is 0. The Bertz CT molecular complexity index is 10300. The van der Waals surface area contributed by atoms with E-state index in [0.717, 1.165) is 232 Å². The van der Waals surface area contributed by atoms with Crippen molar-refractivity contribution in [2.24, 2.45) is 0 Å². The van der Waals surface area contributed by atoms with E-state index in [9.17, 15) is 15.8 Å². The first-order chi connectivity index (χ1) is 69.9. The lowest BCUT2D eigenvalue weighted by atomic mass is 9.98. The minimum Gasteiger partial charge on any atom is -0.456 e. The monoisotopic (exact) mass is 1800 g/mol. The van der Waals surface area contributed by atoms with Crippen LogP contribution in [0.3, 0.4) is 0 Å². The number of furan rings is 3. The average Bonchev–Trinajstić information content (AvgIpc) is 1.56. The van der Waals surface area contributed by atoms with E-state index in [1.54, 1.807) is 0 Å². The van der Waals surface area contributed by atoms with E-state index in [2.05, 4.69) is 422 Å². The molecule has 0 N–H and O–H groups in total. The highest BCUT2D eigenvalue weighted by atomic mass is 16.3. The Balaban J connectivity index is 0.000000104. The maximum atomic E-state index is 10.7. The molecule has 12 nitrogen and oxygen atoms in total. The first-order valence-corrected chi connectivity index (χ1v) is 47.3. The summed E-state index contributed by atoms with van der Waals surface area (Å²) in [4.78, 5) is 0. The van der Waals surface area contributed by atoms with Crippen molar-refractivity contribution in [2.45, 2.75) is 0 Å². The van der Waals surface area contributed by atoms with Crippen molar-refractivity contribution in [2.75, 3.05) is 0 Å². The molecule has 0 bridgehead atoms. The van der Waals surface area contributed by atoms with Gasteiger partial charge in [-0.25, -0.2) is 0 Å². The number of nitrogens with zero attached hydrogens (tertiary/aromatic N) is 9. The van der Waals surface area contributed by atoms with Crippen LogP contribution in [0, 0.1) is 34.0 Å². The normalized spacial score (nSPS) is 11.8. The fourth-order valence-electron chi connectivity index (χ4n) is 22.9. The quantitative estimate of drug-likeness (QED) is 0.141. The Labute approximate surface area is 805 Å². The van der Waals surface area contributed by atoms with E-state index in [4.69, 9.17) is 13.3 Å². The highest BCUT2D eigenvalue weighted by molar-refractivity contribution is 6.29. The Morgan fingerprint density at radius 2 is 0.440 bits per heavy atom. The third-order valence-corrected chi connectivity index (χ3v) is 28.7. The van der Waals surface area contributed by atoms with E-state index in [1.807, 2.05) is 78.9 Å². The van der Waals surface area contributed by atoms with Crippen LogP contribution in [-0.4, -0.2) is 27.4 Å². The summed E-state index contributed by atoms with van der Waals surface area (Å²) in [6, 6.07) is 166. The number of hydrogen-bond donors (Lipinski definition) is 0. The minimum atomic E-state index is 0.604. The third-order valence-electron chi connectivity index (χ3n) is 28.7. The van der Waals surface area contributed by atoms with Gasteiger partial charge in [-0.15, -0.1) is 0 Å². The predicted molar refractivity (Wildman–Crippen MR) is 578 cm³/mol. The second-order valence-corrected chi connectivity index (χ2v) is 36.0. The summed E-state index contributed by atoms with van der Waals surface area (Å²) >= 11 is 0. The third kappa shape index (κ3) is 12.0. The van der Waals surface area contributed by atoms with Crippen LogP contribution in [0.25, 0.3) is 264 Å². The SMILES string of the molecule is N#Cc1cccc(-c2ccccc2-n2c3ccccc3c3ccccc32)c1-n1c2ccccc2c2c3c(ccc21)oc1ccccc13.N#Cc1cccc(-c2ccccc2-n2c3ccccc3c3ccccc32)c1-n1c2ccccc2c2c3oc4ccccc4c3ccc21.N#Cc1cccc(-c2ccccc2-n2c3ccccc3c3ccccc32)c1-n1c2ccccc2c2cc3oc4ccccc4c3cc21. The van der Waals surface area contributed by atoms with Gasteiger partial charge in [-0.1, -0.05) is 309 Å². The summed E-state index contributed by atoms with van der Waals surface area (Å²) in [5.74, 6) is 0. The molecule has 0 spiro atoms. The lowest BCUT2D eigenvalue weighted by Crippen LogP contribution is -2.03. The van der Waals surface area contributed by atoms with Gasteiger partial charge in [0.1, 0.15) is 51.7 Å². The van der Waals surface area contributed by atoms with Gasteiger partial charge in [0.2, 0.25) is 0 Å². The molecule has 0 aliphatic rings. The molecule has 0 amide bonds. The predicted octanol–water partition coefficient (Wildman–Crippen LogP) is 34.0. The van der Waals surface area contributed by atoms with E-state index in [0.29, 0.717) is 16.7 Å². The number of benzene rings is 21. The summed E-state index contributed by atoms with van der Waals surface area (Å²) in [7, 11) is 0. The minimum absolute atomic E-state index is 0.604. The number of para-hydroxylation sites is 18. The van der Waals surface area contributed by atoms with Gasteiger partial charge in [-0.2, -0.15) is 15.8 Å². The van der Waals surface area contributed by atoms with Gasteiger partial charge in [0.05, 0.1) is 122 Å². The van der Waals surface area contributed by atoms with Crippen LogP contribution in [0.4, 0.5) is 0 Å². The first kappa shape index (κ1) is 79.8. The Morgan fingerprint density at radius 1 is 0.156 bits per heavy atom. The molecule has 141 heavy (non-hydrogen) atoms. The van der Waals surface area contributed by atoms with Crippen LogP contribution in [0.5, 0.6) is 0 Å². The Hall–Kier alpha value is -19.7. The van der Waals surface area contributed by atoms with Crippen molar-refractivity contribution in [1.82, 2.24) is 27.4 Å². The number of hydrogen-bond acceptors (Lipinski definition) is 6. The summed E-state index contributed by atoms with van der Waals surface area (Å²) in [6.45, 7) is 0. The Morgan fingerprint density at radius 3 is 0.851 bits per heavy atom. The Kier molecular flexibility index (Phi) is 18.0.